The molecular formula is C8H12O3. The summed E-state index contributed by atoms with van der Waals surface area (Å²) in [6, 6.07) is 0. The van der Waals surface area contributed by atoms with E-state index in [1.165, 1.54) is 7.11 Å². The minimum atomic E-state index is -0.477. The number of Topliss-reactive ketones (excluding diaryl/α,β-unsaturated/α-hetero) is 1. The van der Waals surface area contributed by atoms with E-state index in [0.29, 0.717) is 6.42 Å². The number of methoxy groups -OCH3 is 1. The van der Waals surface area contributed by atoms with Crippen LogP contribution in [0, 0.1) is 11.8 Å². The van der Waals surface area contributed by atoms with Gasteiger partial charge in [0.15, 0.2) is 0 Å². The molecule has 2 atom stereocenters. The van der Waals surface area contributed by atoms with Crippen LogP contribution in [-0.2, 0) is 14.3 Å². The van der Waals surface area contributed by atoms with Gasteiger partial charge >= 0.3 is 5.97 Å². The van der Waals surface area contributed by atoms with Gasteiger partial charge in [-0.15, -0.1) is 0 Å². The molecule has 0 amide bonds. The van der Waals surface area contributed by atoms with Gasteiger partial charge in [-0.25, -0.2) is 0 Å². The van der Waals surface area contributed by atoms with Crippen LogP contribution in [0.5, 0.6) is 0 Å². The van der Waals surface area contributed by atoms with Gasteiger partial charge in [-0.1, -0.05) is 6.92 Å². The van der Waals surface area contributed by atoms with Gasteiger partial charge in [0.1, 0.15) is 11.7 Å². The second-order valence-electron chi connectivity index (χ2n) is 2.96. The molecule has 3 nitrogen and oxygen atoms in total. The third-order valence-corrected chi connectivity index (χ3v) is 2.20. The molecule has 1 aliphatic carbocycles. The van der Waals surface area contributed by atoms with E-state index in [1.54, 1.807) is 0 Å². The third kappa shape index (κ3) is 1.42. The molecule has 0 bridgehead atoms. The third-order valence-electron chi connectivity index (χ3n) is 2.20. The largest absolute Gasteiger partial charge is 0.468 e. The van der Waals surface area contributed by atoms with Crippen LogP contribution in [0.3, 0.4) is 0 Å². The Morgan fingerprint density at radius 3 is 2.55 bits per heavy atom. The van der Waals surface area contributed by atoms with E-state index < -0.39 is 5.92 Å². The van der Waals surface area contributed by atoms with Gasteiger partial charge < -0.3 is 4.74 Å². The van der Waals surface area contributed by atoms with Crippen molar-refractivity contribution >= 4 is 11.8 Å². The van der Waals surface area contributed by atoms with Gasteiger partial charge in [-0.3, -0.25) is 9.59 Å². The molecule has 0 aliphatic heterocycles. The van der Waals surface area contributed by atoms with Crippen LogP contribution in [0.2, 0.25) is 0 Å². The summed E-state index contributed by atoms with van der Waals surface area (Å²) in [5.41, 5.74) is 0. The van der Waals surface area contributed by atoms with Crippen molar-refractivity contribution in [1.29, 1.82) is 0 Å². The molecule has 1 saturated carbocycles. The van der Waals surface area contributed by atoms with Crippen LogP contribution in [0.15, 0.2) is 0 Å². The molecule has 11 heavy (non-hydrogen) atoms. The predicted molar refractivity (Wildman–Crippen MR) is 38.9 cm³/mol. The van der Waals surface area contributed by atoms with Gasteiger partial charge in [0, 0.05) is 5.92 Å². The number of hydrogen-bond donors (Lipinski definition) is 0. The Hall–Kier alpha value is -0.860. The summed E-state index contributed by atoms with van der Waals surface area (Å²) in [5, 5.41) is 0. The monoisotopic (exact) mass is 156 g/mol. The smallest absolute Gasteiger partial charge is 0.316 e. The van der Waals surface area contributed by atoms with Crippen molar-refractivity contribution in [2.45, 2.75) is 19.8 Å². The summed E-state index contributed by atoms with van der Waals surface area (Å²) in [4.78, 5) is 22.1. The average Bonchev–Trinajstić information content (AvgIpc) is 2.32. The van der Waals surface area contributed by atoms with Crippen molar-refractivity contribution in [3.8, 4) is 0 Å². The molecule has 3 heteroatoms. The summed E-state index contributed by atoms with van der Waals surface area (Å²) in [6.07, 6.45) is 1.48. The summed E-state index contributed by atoms with van der Waals surface area (Å²) >= 11 is 0. The van der Waals surface area contributed by atoms with Crippen LogP contribution in [-0.4, -0.2) is 18.9 Å². The van der Waals surface area contributed by atoms with E-state index in [-0.39, 0.29) is 17.7 Å². The van der Waals surface area contributed by atoms with E-state index in [0.717, 1.165) is 6.42 Å². The Kier molecular flexibility index (Phi) is 2.27. The predicted octanol–water partition coefficient (Wildman–Crippen LogP) is 0.775. The Morgan fingerprint density at radius 1 is 1.55 bits per heavy atom. The zero-order valence-electron chi connectivity index (χ0n) is 6.79. The first kappa shape index (κ1) is 8.24. The SMILES string of the molecule is COC(=O)[C@H]1CC[C@@H](C)C1=O. The standard InChI is InChI=1S/C8H12O3/c1-5-3-4-6(7(5)9)8(10)11-2/h5-6H,3-4H2,1-2H3/t5-,6+/m1/s1. The topological polar surface area (TPSA) is 43.4 Å². The molecule has 0 aromatic heterocycles. The molecular weight excluding hydrogens is 144 g/mol. The quantitative estimate of drug-likeness (QED) is 0.416. The Bertz CT molecular complexity index is 186. The number of rotatable bonds is 1. The van der Waals surface area contributed by atoms with Crippen LogP contribution in [0.4, 0.5) is 0 Å². The minimum Gasteiger partial charge on any atom is -0.468 e. The molecule has 1 aliphatic rings. The van der Waals surface area contributed by atoms with Crippen molar-refractivity contribution in [3.05, 3.63) is 0 Å². The number of carbonyl (C=O) groups is 2. The normalized spacial score (nSPS) is 30.5. The molecule has 1 fully saturated rings. The second-order valence-corrected chi connectivity index (χ2v) is 2.96. The minimum absolute atomic E-state index is 0.0388. The number of esters is 1. The lowest BCUT2D eigenvalue weighted by Crippen LogP contribution is -2.22. The number of ketones is 1. The lowest BCUT2D eigenvalue weighted by atomic mass is 10.1. The summed E-state index contributed by atoms with van der Waals surface area (Å²) in [6.45, 7) is 1.85. The van der Waals surface area contributed by atoms with Gasteiger partial charge in [-0.2, -0.15) is 0 Å². The Balaban J connectivity index is 2.62. The van der Waals surface area contributed by atoms with Gasteiger partial charge in [-0.05, 0) is 12.8 Å². The maximum atomic E-state index is 11.2. The lowest BCUT2D eigenvalue weighted by molar-refractivity contribution is -0.148. The Labute approximate surface area is 65.7 Å². The van der Waals surface area contributed by atoms with Crippen molar-refractivity contribution < 1.29 is 14.3 Å². The highest BCUT2D eigenvalue weighted by atomic mass is 16.5. The molecule has 0 saturated heterocycles. The highest BCUT2D eigenvalue weighted by Crippen LogP contribution is 2.27. The van der Waals surface area contributed by atoms with Crippen LogP contribution in [0.1, 0.15) is 19.8 Å². The fraction of sp³-hybridized carbons (Fsp3) is 0.750. The van der Waals surface area contributed by atoms with E-state index >= 15 is 0 Å². The highest BCUT2D eigenvalue weighted by Gasteiger charge is 2.36. The zero-order valence-corrected chi connectivity index (χ0v) is 6.79. The lowest BCUT2D eigenvalue weighted by Gasteiger charge is -2.04. The van der Waals surface area contributed by atoms with Crippen LogP contribution < -0.4 is 0 Å². The first-order valence-electron chi connectivity index (χ1n) is 3.78. The number of ether oxygens (including phenoxy) is 1. The molecule has 0 heterocycles. The molecule has 0 unspecified atom stereocenters. The van der Waals surface area contributed by atoms with Crippen LogP contribution >= 0.6 is 0 Å². The molecule has 0 N–H and O–H groups in total. The molecule has 0 radical (unpaired) electrons. The molecule has 62 valence electrons. The van der Waals surface area contributed by atoms with Gasteiger partial charge in [0.25, 0.3) is 0 Å². The fourth-order valence-electron chi connectivity index (χ4n) is 1.42. The summed E-state index contributed by atoms with van der Waals surface area (Å²) < 4.78 is 4.49. The first-order valence-corrected chi connectivity index (χ1v) is 3.78. The molecule has 1 rings (SSSR count). The van der Waals surface area contributed by atoms with Gasteiger partial charge in [0.2, 0.25) is 0 Å². The average molecular weight is 156 g/mol. The van der Waals surface area contributed by atoms with E-state index in [2.05, 4.69) is 4.74 Å². The van der Waals surface area contributed by atoms with Crippen molar-refractivity contribution in [3.63, 3.8) is 0 Å². The molecule has 0 spiro atoms. The van der Waals surface area contributed by atoms with E-state index in [1.807, 2.05) is 6.92 Å². The zero-order chi connectivity index (χ0) is 8.43. The van der Waals surface area contributed by atoms with E-state index in [4.69, 9.17) is 0 Å². The summed E-state index contributed by atoms with van der Waals surface area (Å²) in [5.74, 6) is -0.773. The molecule has 0 aromatic rings. The highest BCUT2D eigenvalue weighted by molar-refractivity contribution is 6.01. The maximum Gasteiger partial charge on any atom is 0.316 e. The van der Waals surface area contributed by atoms with Crippen molar-refractivity contribution in [2.75, 3.05) is 7.11 Å². The van der Waals surface area contributed by atoms with Crippen LogP contribution in [0.25, 0.3) is 0 Å². The number of hydrogen-bond acceptors (Lipinski definition) is 3. The van der Waals surface area contributed by atoms with Gasteiger partial charge in [0.05, 0.1) is 7.11 Å². The van der Waals surface area contributed by atoms with Crippen molar-refractivity contribution in [1.82, 2.24) is 0 Å². The molecule has 0 aromatic carbocycles. The summed E-state index contributed by atoms with van der Waals surface area (Å²) in [7, 11) is 1.32. The second kappa shape index (κ2) is 3.03. The Morgan fingerprint density at radius 2 is 2.18 bits per heavy atom. The number of carbonyl (C=O) groups excluding carboxylic acids is 2. The van der Waals surface area contributed by atoms with Crippen molar-refractivity contribution in [2.24, 2.45) is 11.8 Å². The first-order chi connectivity index (χ1) is 5.16. The maximum absolute atomic E-state index is 11.2. The van der Waals surface area contributed by atoms with E-state index in [9.17, 15) is 9.59 Å². The fourth-order valence-corrected chi connectivity index (χ4v) is 1.42.